The van der Waals surface area contributed by atoms with Crippen LogP contribution in [0.3, 0.4) is 0 Å². The van der Waals surface area contributed by atoms with E-state index in [0.29, 0.717) is 5.78 Å². The van der Waals surface area contributed by atoms with Gasteiger partial charge in [-0.1, -0.05) is 12.1 Å². The van der Waals surface area contributed by atoms with Crippen LogP contribution in [0.15, 0.2) is 55.0 Å². The minimum Gasteiger partial charge on any atom is -0.475 e. The fraction of sp³-hybridized carbons (Fsp3) is 0.0588. The van der Waals surface area contributed by atoms with Crippen molar-refractivity contribution < 1.29 is 27.5 Å². The first-order valence-corrected chi connectivity index (χ1v) is 7.40. The molecule has 10 heteroatoms. The zero-order chi connectivity index (χ0) is 19.6. The third kappa shape index (κ3) is 4.00. The van der Waals surface area contributed by atoms with Crippen LogP contribution in [0.2, 0.25) is 0 Å². The van der Waals surface area contributed by atoms with Crippen molar-refractivity contribution in [2.75, 3.05) is 0 Å². The van der Waals surface area contributed by atoms with Crippen LogP contribution in [0.4, 0.5) is 17.6 Å². The van der Waals surface area contributed by atoms with E-state index in [-0.39, 0.29) is 0 Å². The molecular formula is C17H10F4N4O2. The van der Waals surface area contributed by atoms with Crippen LogP contribution in [-0.2, 0) is 4.79 Å². The molecule has 138 valence electrons. The number of rotatable bonds is 1. The number of alkyl halides is 3. The molecule has 6 nitrogen and oxygen atoms in total. The van der Waals surface area contributed by atoms with Crippen molar-refractivity contribution in [3.05, 3.63) is 60.9 Å². The molecule has 1 N–H and O–H groups in total. The Morgan fingerprint density at radius 3 is 2.30 bits per heavy atom. The summed E-state index contributed by atoms with van der Waals surface area (Å²) in [5.41, 5.74) is 3.58. The molecule has 0 saturated carbocycles. The number of pyridine rings is 1. The highest BCUT2D eigenvalue weighted by atomic mass is 19.4. The van der Waals surface area contributed by atoms with Crippen LogP contribution in [0, 0.1) is 5.95 Å². The first-order valence-electron chi connectivity index (χ1n) is 7.40. The number of fused-ring (bicyclic) bond motifs is 3. The molecule has 0 aliphatic rings. The van der Waals surface area contributed by atoms with E-state index in [1.807, 2.05) is 34.9 Å². The summed E-state index contributed by atoms with van der Waals surface area (Å²) in [6.07, 6.45) is 0.0695. The molecule has 1 aromatic carbocycles. The average Bonchev–Trinajstić information content (AvgIpc) is 3.00. The van der Waals surface area contributed by atoms with Gasteiger partial charge in [0, 0.05) is 29.7 Å². The number of benzene rings is 1. The first-order chi connectivity index (χ1) is 12.8. The normalized spacial score (nSPS) is 11.3. The summed E-state index contributed by atoms with van der Waals surface area (Å²) in [5, 5.41) is 7.12. The van der Waals surface area contributed by atoms with Gasteiger partial charge in [0.05, 0.1) is 11.0 Å². The van der Waals surface area contributed by atoms with Crippen molar-refractivity contribution in [3.8, 4) is 11.1 Å². The Kier molecular flexibility index (Phi) is 4.72. The van der Waals surface area contributed by atoms with E-state index in [9.17, 15) is 17.6 Å². The molecule has 0 atom stereocenters. The maximum absolute atomic E-state index is 12.9. The zero-order valence-corrected chi connectivity index (χ0v) is 13.4. The van der Waals surface area contributed by atoms with Gasteiger partial charge < -0.3 is 5.11 Å². The summed E-state index contributed by atoms with van der Waals surface area (Å²) in [4.78, 5) is 21.3. The average molecular weight is 378 g/mol. The Bertz CT molecular complexity index is 1110. The molecule has 4 rings (SSSR count). The van der Waals surface area contributed by atoms with E-state index in [4.69, 9.17) is 9.90 Å². The van der Waals surface area contributed by atoms with E-state index < -0.39 is 18.1 Å². The molecule has 0 aliphatic carbocycles. The minimum atomic E-state index is -5.08. The van der Waals surface area contributed by atoms with Gasteiger partial charge >= 0.3 is 12.1 Å². The molecule has 0 unspecified atom stereocenters. The second-order valence-electron chi connectivity index (χ2n) is 5.29. The van der Waals surface area contributed by atoms with Gasteiger partial charge in [-0.25, -0.2) is 19.7 Å². The second kappa shape index (κ2) is 6.98. The van der Waals surface area contributed by atoms with Crippen LogP contribution >= 0.6 is 0 Å². The fourth-order valence-corrected chi connectivity index (χ4v) is 2.25. The number of hydrogen-bond donors (Lipinski definition) is 1. The number of carbonyl (C=O) groups is 1. The highest BCUT2D eigenvalue weighted by molar-refractivity contribution is 5.80. The number of halogens is 4. The van der Waals surface area contributed by atoms with Crippen molar-refractivity contribution in [3.63, 3.8) is 0 Å². The van der Waals surface area contributed by atoms with Gasteiger partial charge in [-0.15, -0.1) is 0 Å². The lowest BCUT2D eigenvalue weighted by atomic mass is 10.1. The SMILES string of the molecule is Fc1ccc(-c2cnc3nc4ccccc4n3c2)cn1.O=C(O)C(F)(F)F. The summed E-state index contributed by atoms with van der Waals surface area (Å²) in [6.45, 7) is 0. The molecule has 0 amide bonds. The Labute approximate surface area is 148 Å². The van der Waals surface area contributed by atoms with Gasteiger partial charge in [-0.05, 0) is 24.3 Å². The molecule has 4 aromatic rings. The predicted molar refractivity (Wildman–Crippen MR) is 87.4 cm³/mol. The topological polar surface area (TPSA) is 80.4 Å². The van der Waals surface area contributed by atoms with E-state index in [2.05, 4.69) is 15.0 Å². The summed E-state index contributed by atoms with van der Waals surface area (Å²) >= 11 is 0. The standard InChI is InChI=1S/C15H9FN4.C2HF3O2/c16-14-6-5-10(7-17-14)11-8-18-15-19-12-3-1-2-4-13(12)20(15)9-11;3-2(4,5)1(6)7/h1-9H;(H,6,7). The molecule has 27 heavy (non-hydrogen) atoms. The van der Waals surface area contributed by atoms with Crippen LogP contribution in [0.5, 0.6) is 0 Å². The van der Waals surface area contributed by atoms with Crippen molar-refractivity contribution in [2.45, 2.75) is 6.18 Å². The van der Waals surface area contributed by atoms with Crippen LogP contribution < -0.4 is 0 Å². The summed E-state index contributed by atoms with van der Waals surface area (Å²) < 4.78 is 46.5. The molecule has 0 radical (unpaired) electrons. The molecular weight excluding hydrogens is 368 g/mol. The zero-order valence-electron chi connectivity index (χ0n) is 13.4. The highest BCUT2D eigenvalue weighted by Gasteiger charge is 2.38. The molecule has 3 heterocycles. The minimum absolute atomic E-state index is 0.490. The molecule has 0 fully saturated rings. The lowest BCUT2D eigenvalue weighted by Gasteiger charge is -2.02. The largest absolute Gasteiger partial charge is 0.490 e. The number of aliphatic carboxylic acids is 1. The maximum atomic E-state index is 12.9. The maximum Gasteiger partial charge on any atom is 0.490 e. The number of imidazole rings is 1. The molecule has 0 spiro atoms. The Balaban J connectivity index is 0.000000260. The monoisotopic (exact) mass is 378 g/mol. The van der Waals surface area contributed by atoms with Crippen molar-refractivity contribution in [1.29, 1.82) is 0 Å². The Morgan fingerprint density at radius 1 is 1.00 bits per heavy atom. The molecule has 0 saturated heterocycles. The molecule has 0 bridgehead atoms. The van der Waals surface area contributed by atoms with Gasteiger partial charge in [-0.3, -0.25) is 4.40 Å². The summed E-state index contributed by atoms with van der Waals surface area (Å²) in [7, 11) is 0. The predicted octanol–water partition coefficient (Wildman–Crippen LogP) is 3.72. The van der Waals surface area contributed by atoms with Gasteiger partial charge in [0.25, 0.3) is 0 Å². The van der Waals surface area contributed by atoms with E-state index in [0.717, 1.165) is 22.2 Å². The van der Waals surface area contributed by atoms with E-state index in [1.54, 1.807) is 12.3 Å². The summed E-state index contributed by atoms with van der Waals surface area (Å²) in [5.74, 6) is -2.60. The Hall–Kier alpha value is -3.56. The van der Waals surface area contributed by atoms with Crippen LogP contribution in [-0.4, -0.2) is 36.6 Å². The van der Waals surface area contributed by atoms with Gasteiger partial charge in [-0.2, -0.15) is 17.6 Å². The van der Waals surface area contributed by atoms with Crippen LogP contribution in [0.1, 0.15) is 0 Å². The first kappa shape index (κ1) is 18.2. The Morgan fingerprint density at radius 2 is 1.67 bits per heavy atom. The molecule has 3 aromatic heterocycles. The van der Waals surface area contributed by atoms with Crippen molar-refractivity contribution >= 4 is 22.8 Å². The van der Waals surface area contributed by atoms with Gasteiger partial charge in [0.15, 0.2) is 0 Å². The summed E-state index contributed by atoms with van der Waals surface area (Å²) in [6, 6.07) is 10.9. The van der Waals surface area contributed by atoms with Crippen LogP contribution in [0.25, 0.3) is 27.9 Å². The smallest absolute Gasteiger partial charge is 0.475 e. The number of nitrogens with zero attached hydrogens (tertiary/aromatic N) is 4. The van der Waals surface area contributed by atoms with Crippen molar-refractivity contribution in [1.82, 2.24) is 19.4 Å². The lowest BCUT2D eigenvalue weighted by Crippen LogP contribution is -2.21. The fourth-order valence-electron chi connectivity index (χ4n) is 2.25. The number of para-hydroxylation sites is 2. The van der Waals surface area contributed by atoms with Gasteiger partial charge in [0.1, 0.15) is 0 Å². The van der Waals surface area contributed by atoms with E-state index >= 15 is 0 Å². The third-order valence-corrected chi connectivity index (χ3v) is 3.47. The van der Waals surface area contributed by atoms with E-state index in [1.165, 1.54) is 12.3 Å². The lowest BCUT2D eigenvalue weighted by molar-refractivity contribution is -0.192. The van der Waals surface area contributed by atoms with Gasteiger partial charge in [0.2, 0.25) is 11.7 Å². The third-order valence-electron chi connectivity index (χ3n) is 3.47. The number of aromatic nitrogens is 4. The highest BCUT2D eigenvalue weighted by Crippen LogP contribution is 2.21. The number of carboxylic acids is 1. The number of hydrogen-bond acceptors (Lipinski definition) is 4. The van der Waals surface area contributed by atoms with Crippen molar-refractivity contribution in [2.24, 2.45) is 0 Å². The molecule has 0 aliphatic heterocycles. The second-order valence-corrected chi connectivity index (χ2v) is 5.29. The number of carboxylic acid groups (broad SMARTS) is 1. The quantitative estimate of drug-likeness (QED) is 0.403.